The van der Waals surface area contributed by atoms with Crippen molar-refractivity contribution in [3.05, 3.63) is 29.8 Å². The number of nitrogens with one attached hydrogen (secondary N) is 1. The van der Waals surface area contributed by atoms with Crippen molar-refractivity contribution in [2.24, 2.45) is 0 Å². The van der Waals surface area contributed by atoms with Gasteiger partial charge in [-0.25, -0.2) is 0 Å². The Labute approximate surface area is 135 Å². The monoisotopic (exact) mass is 389 g/mol. The maximum absolute atomic E-state index is 11.7. The number of unbranched alkanes of at least 4 members (excludes halogenated alkanes) is 3. The molecule has 110 valence electrons. The fourth-order valence-electron chi connectivity index (χ4n) is 1.88. The molecule has 0 radical (unpaired) electrons. The molecule has 1 amide bonds. The normalized spacial score (nSPS) is 10.3. The fraction of sp³-hybridized carbons (Fsp3) is 0.500. The highest BCUT2D eigenvalue weighted by atomic mass is 127. The van der Waals surface area contributed by atoms with Gasteiger partial charge in [0.25, 0.3) is 0 Å². The highest BCUT2D eigenvalue weighted by Gasteiger charge is 2.14. The van der Waals surface area contributed by atoms with E-state index >= 15 is 0 Å². The smallest absolute Gasteiger partial charge is 0.423 e. The first-order valence-corrected chi connectivity index (χ1v) is 7.86. The molecule has 0 aliphatic rings. The van der Waals surface area contributed by atoms with Crippen LogP contribution in [0.2, 0.25) is 0 Å². The predicted molar refractivity (Wildman–Crippen MR) is 90.0 cm³/mol. The number of halogens is 1. The van der Waals surface area contributed by atoms with E-state index in [1.807, 2.05) is 12.1 Å². The Hall–Kier alpha value is -0.595. The second kappa shape index (κ2) is 10.2. The van der Waals surface area contributed by atoms with Crippen LogP contribution in [0.4, 0.5) is 0 Å². The number of benzene rings is 1. The lowest BCUT2D eigenvalue weighted by Crippen LogP contribution is -2.30. The average Bonchev–Trinajstić information content (AvgIpc) is 2.47. The van der Waals surface area contributed by atoms with Gasteiger partial charge in [0.1, 0.15) is 0 Å². The molecule has 1 aromatic carbocycles. The lowest BCUT2D eigenvalue weighted by molar-refractivity contribution is -0.120. The van der Waals surface area contributed by atoms with E-state index in [0.29, 0.717) is 11.9 Å². The van der Waals surface area contributed by atoms with Crippen molar-refractivity contribution in [3.63, 3.8) is 0 Å². The van der Waals surface area contributed by atoms with Gasteiger partial charge in [-0.15, -0.1) is 0 Å². The van der Waals surface area contributed by atoms with E-state index in [9.17, 15) is 9.82 Å². The number of amides is 1. The molecule has 20 heavy (non-hydrogen) atoms. The van der Waals surface area contributed by atoms with Crippen LogP contribution < -0.4 is 10.8 Å². The van der Waals surface area contributed by atoms with Crippen LogP contribution in [-0.2, 0) is 14.2 Å². The number of hydrogen-bond acceptors (Lipinski definition) is 3. The molecule has 6 heteroatoms. The largest absolute Gasteiger partial charge is 0.500 e. The maximum atomic E-state index is 11.7. The van der Waals surface area contributed by atoms with E-state index in [-0.39, 0.29) is 5.91 Å². The van der Waals surface area contributed by atoms with E-state index in [1.165, 1.54) is 19.3 Å². The van der Waals surface area contributed by atoms with Gasteiger partial charge in [0.2, 0.25) is 5.91 Å². The summed E-state index contributed by atoms with van der Waals surface area (Å²) in [4.78, 5) is 11.7. The number of carbonyl (C=O) groups is 1. The second-order valence-electron chi connectivity index (χ2n) is 4.77. The molecule has 0 spiro atoms. The minimum Gasteiger partial charge on any atom is -0.423 e. The Kier molecular flexibility index (Phi) is 8.88. The zero-order valence-corrected chi connectivity index (χ0v) is 13.9. The predicted octanol–water partition coefficient (Wildman–Crippen LogP) is 1.98. The molecule has 0 unspecified atom stereocenters. The number of carbonyl (C=O) groups excluding carboxylic acids is 1. The van der Waals surface area contributed by atoms with Gasteiger partial charge >= 0.3 is 7.12 Å². The summed E-state index contributed by atoms with van der Waals surface area (Å²) in [5.74, 6) is 0.0416. The molecule has 1 rings (SSSR count). The third-order valence-electron chi connectivity index (χ3n) is 3.07. The van der Waals surface area contributed by atoms with Crippen molar-refractivity contribution in [3.8, 4) is 0 Å². The van der Waals surface area contributed by atoms with E-state index < -0.39 is 7.12 Å². The third kappa shape index (κ3) is 6.72. The van der Waals surface area contributed by atoms with E-state index in [2.05, 4.69) is 12.2 Å². The van der Waals surface area contributed by atoms with Gasteiger partial charge in [-0.1, -0.05) is 50.5 Å². The summed E-state index contributed by atoms with van der Waals surface area (Å²) in [5, 5.41) is 12.4. The Balaban J connectivity index is 2.31. The fourth-order valence-corrected chi connectivity index (χ4v) is 2.17. The highest BCUT2D eigenvalue weighted by molar-refractivity contribution is 14.1. The molecule has 0 saturated heterocycles. The number of rotatable bonds is 9. The van der Waals surface area contributed by atoms with E-state index in [4.69, 9.17) is 2.98 Å². The van der Waals surface area contributed by atoms with Crippen molar-refractivity contribution in [2.75, 3.05) is 6.54 Å². The summed E-state index contributed by atoms with van der Waals surface area (Å²) in [6, 6.07) is 7.22. The van der Waals surface area contributed by atoms with Gasteiger partial charge in [-0.3, -0.25) is 4.79 Å². The Morgan fingerprint density at radius 2 is 2.00 bits per heavy atom. The molecule has 0 aliphatic heterocycles. The number of hydrogen-bond donors (Lipinski definition) is 2. The van der Waals surface area contributed by atoms with Crippen LogP contribution in [0.15, 0.2) is 24.3 Å². The van der Waals surface area contributed by atoms with Crippen LogP contribution >= 0.6 is 23.0 Å². The SMILES string of the molecule is CCCCCCNC(=O)Cc1ccc(B(O)OI)cc1. The third-order valence-corrected chi connectivity index (χ3v) is 3.55. The maximum Gasteiger partial charge on any atom is 0.500 e. The molecule has 0 aromatic heterocycles. The first-order valence-electron chi connectivity index (χ1n) is 6.98. The van der Waals surface area contributed by atoms with Crippen molar-refractivity contribution < 1.29 is 12.8 Å². The van der Waals surface area contributed by atoms with E-state index in [0.717, 1.165) is 18.5 Å². The molecule has 0 heterocycles. The van der Waals surface area contributed by atoms with Crippen molar-refractivity contribution in [1.82, 2.24) is 5.32 Å². The van der Waals surface area contributed by atoms with Gasteiger partial charge in [0, 0.05) is 6.54 Å². The molecule has 4 nitrogen and oxygen atoms in total. The molecule has 0 aliphatic carbocycles. The molecular weight excluding hydrogens is 368 g/mol. The second-order valence-corrected chi connectivity index (χ2v) is 5.28. The van der Waals surface area contributed by atoms with Gasteiger partial charge in [0.05, 0.1) is 29.4 Å². The summed E-state index contributed by atoms with van der Waals surface area (Å²) < 4.78 is 4.79. The van der Waals surface area contributed by atoms with Gasteiger partial charge in [-0.2, -0.15) is 0 Å². The van der Waals surface area contributed by atoms with Gasteiger partial charge in [-0.05, 0) is 17.4 Å². The van der Waals surface area contributed by atoms with Crippen LogP contribution in [0, 0.1) is 0 Å². The Bertz CT molecular complexity index is 400. The molecule has 0 bridgehead atoms. The molecular formula is C14H21BINO3. The van der Waals surface area contributed by atoms with Crippen LogP contribution in [0.25, 0.3) is 0 Å². The van der Waals surface area contributed by atoms with Crippen LogP contribution in [0.1, 0.15) is 38.2 Å². The van der Waals surface area contributed by atoms with Crippen LogP contribution in [0.3, 0.4) is 0 Å². The van der Waals surface area contributed by atoms with Crippen LogP contribution in [0.5, 0.6) is 0 Å². The Morgan fingerprint density at radius 1 is 1.30 bits per heavy atom. The summed E-state index contributed by atoms with van der Waals surface area (Å²) in [6.07, 6.45) is 5.00. The standard InChI is InChI=1S/C14H21BINO3/c1-2-3-4-5-10-17-14(18)11-12-6-8-13(9-7-12)15(19)20-16/h6-9,19H,2-5,10-11H2,1H3,(H,17,18). The van der Waals surface area contributed by atoms with Crippen molar-refractivity contribution in [1.29, 1.82) is 0 Å². The first kappa shape index (κ1) is 17.5. The zero-order valence-electron chi connectivity index (χ0n) is 11.8. The summed E-state index contributed by atoms with van der Waals surface area (Å²) >= 11 is 1.66. The summed E-state index contributed by atoms with van der Waals surface area (Å²) in [6.45, 7) is 2.92. The minimum absolute atomic E-state index is 0.0416. The summed E-state index contributed by atoms with van der Waals surface area (Å²) in [7, 11) is -0.919. The summed E-state index contributed by atoms with van der Waals surface area (Å²) in [5.41, 5.74) is 1.61. The highest BCUT2D eigenvalue weighted by Crippen LogP contribution is 2.01. The van der Waals surface area contributed by atoms with Crippen molar-refractivity contribution in [2.45, 2.75) is 39.0 Å². The lowest BCUT2D eigenvalue weighted by Gasteiger charge is -2.06. The average molecular weight is 389 g/mol. The topological polar surface area (TPSA) is 58.6 Å². The molecule has 2 N–H and O–H groups in total. The molecule has 0 saturated carbocycles. The van der Waals surface area contributed by atoms with E-state index in [1.54, 1.807) is 35.1 Å². The van der Waals surface area contributed by atoms with Crippen LogP contribution in [-0.4, -0.2) is 24.6 Å². The van der Waals surface area contributed by atoms with Gasteiger partial charge in [0.15, 0.2) is 0 Å². The molecule has 0 fully saturated rings. The van der Waals surface area contributed by atoms with Crippen molar-refractivity contribution >= 4 is 41.5 Å². The minimum atomic E-state index is -0.919. The lowest BCUT2D eigenvalue weighted by atomic mass is 9.80. The quantitative estimate of drug-likeness (QED) is 0.386. The first-order chi connectivity index (χ1) is 9.67. The zero-order chi connectivity index (χ0) is 14.8. The molecule has 1 aromatic rings. The molecule has 0 atom stereocenters. The van der Waals surface area contributed by atoms with Gasteiger partial charge < -0.3 is 13.3 Å². The Morgan fingerprint density at radius 3 is 2.60 bits per heavy atom.